The fourth-order valence-electron chi connectivity index (χ4n) is 3.63. The van der Waals surface area contributed by atoms with Gasteiger partial charge in [-0.05, 0) is 37.6 Å². The van der Waals surface area contributed by atoms with Crippen LogP contribution in [0.15, 0.2) is 0 Å². The van der Waals surface area contributed by atoms with E-state index in [1.807, 2.05) is 0 Å². The SMILES string of the molecule is CC(C)CNC1CC(C(=O)O)CN(CC2CCCC2)C1. The van der Waals surface area contributed by atoms with E-state index in [1.54, 1.807) is 0 Å². The Morgan fingerprint density at radius 2 is 2.00 bits per heavy atom. The predicted octanol–water partition coefficient (Wildman–Crippen LogP) is 2.20. The second kappa shape index (κ2) is 7.41. The van der Waals surface area contributed by atoms with Crippen molar-refractivity contribution in [2.24, 2.45) is 17.8 Å². The molecule has 0 amide bonds. The Morgan fingerprint density at radius 3 is 2.60 bits per heavy atom. The van der Waals surface area contributed by atoms with Crippen molar-refractivity contribution in [2.45, 2.75) is 52.0 Å². The van der Waals surface area contributed by atoms with Crippen molar-refractivity contribution in [1.82, 2.24) is 10.2 Å². The Balaban J connectivity index is 1.87. The predicted molar refractivity (Wildman–Crippen MR) is 80.8 cm³/mol. The van der Waals surface area contributed by atoms with Crippen LogP contribution in [0, 0.1) is 17.8 Å². The van der Waals surface area contributed by atoms with Crippen LogP contribution in [0.2, 0.25) is 0 Å². The number of carboxylic acids is 1. The van der Waals surface area contributed by atoms with Gasteiger partial charge >= 0.3 is 5.97 Å². The van der Waals surface area contributed by atoms with E-state index in [2.05, 4.69) is 24.1 Å². The van der Waals surface area contributed by atoms with Crippen LogP contribution in [0.1, 0.15) is 46.0 Å². The molecule has 2 unspecified atom stereocenters. The molecule has 0 aromatic carbocycles. The molecular weight excluding hydrogens is 252 g/mol. The Kier molecular flexibility index (Phi) is 5.85. The molecule has 0 aromatic rings. The lowest BCUT2D eigenvalue weighted by atomic mass is 9.93. The molecule has 1 aliphatic carbocycles. The molecule has 2 aliphatic rings. The molecular formula is C16H30N2O2. The fraction of sp³-hybridized carbons (Fsp3) is 0.938. The third-order valence-corrected chi connectivity index (χ3v) is 4.68. The van der Waals surface area contributed by atoms with Crippen molar-refractivity contribution in [3.05, 3.63) is 0 Å². The van der Waals surface area contributed by atoms with E-state index in [1.165, 1.54) is 25.7 Å². The summed E-state index contributed by atoms with van der Waals surface area (Å²) in [6.45, 7) is 8.23. The van der Waals surface area contributed by atoms with Gasteiger partial charge in [0.2, 0.25) is 0 Å². The summed E-state index contributed by atoms with van der Waals surface area (Å²) in [6.07, 6.45) is 6.16. The van der Waals surface area contributed by atoms with Crippen molar-refractivity contribution in [1.29, 1.82) is 0 Å². The smallest absolute Gasteiger partial charge is 0.307 e. The topological polar surface area (TPSA) is 52.6 Å². The summed E-state index contributed by atoms with van der Waals surface area (Å²) in [5, 5.41) is 12.9. The first kappa shape index (κ1) is 15.8. The molecule has 1 saturated heterocycles. The average Bonchev–Trinajstić information content (AvgIpc) is 2.89. The summed E-state index contributed by atoms with van der Waals surface area (Å²) in [6, 6.07) is 0.341. The molecule has 1 aliphatic heterocycles. The minimum absolute atomic E-state index is 0.199. The van der Waals surface area contributed by atoms with Gasteiger partial charge in [-0.15, -0.1) is 0 Å². The van der Waals surface area contributed by atoms with Crippen molar-refractivity contribution >= 4 is 5.97 Å². The molecule has 0 spiro atoms. The van der Waals surface area contributed by atoms with Crippen LogP contribution < -0.4 is 5.32 Å². The number of nitrogens with one attached hydrogen (secondary N) is 1. The van der Waals surface area contributed by atoms with E-state index in [0.717, 1.165) is 38.5 Å². The largest absolute Gasteiger partial charge is 0.481 e. The Morgan fingerprint density at radius 1 is 1.30 bits per heavy atom. The van der Waals surface area contributed by atoms with Gasteiger partial charge < -0.3 is 15.3 Å². The molecule has 20 heavy (non-hydrogen) atoms. The third-order valence-electron chi connectivity index (χ3n) is 4.68. The lowest BCUT2D eigenvalue weighted by Gasteiger charge is -2.38. The summed E-state index contributed by atoms with van der Waals surface area (Å²) in [4.78, 5) is 13.8. The second-order valence-corrected chi connectivity index (χ2v) is 7.14. The fourth-order valence-corrected chi connectivity index (χ4v) is 3.63. The zero-order valence-electron chi connectivity index (χ0n) is 13.0. The lowest BCUT2D eigenvalue weighted by Crippen LogP contribution is -2.52. The van der Waals surface area contributed by atoms with Crippen molar-refractivity contribution < 1.29 is 9.90 Å². The average molecular weight is 282 g/mol. The first-order chi connectivity index (χ1) is 9.54. The first-order valence-electron chi connectivity index (χ1n) is 8.23. The molecule has 4 heteroatoms. The van der Waals surface area contributed by atoms with Crippen LogP contribution in [0.5, 0.6) is 0 Å². The number of hydrogen-bond acceptors (Lipinski definition) is 3. The van der Waals surface area contributed by atoms with Crippen LogP contribution in [0.4, 0.5) is 0 Å². The van der Waals surface area contributed by atoms with Crippen LogP contribution in [-0.2, 0) is 4.79 Å². The molecule has 2 fully saturated rings. The van der Waals surface area contributed by atoms with Gasteiger partial charge in [-0.2, -0.15) is 0 Å². The van der Waals surface area contributed by atoms with Crippen LogP contribution in [-0.4, -0.2) is 48.2 Å². The van der Waals surface area contributed by atoms with E-state index in [-0.39, 0.29) is 5.92 Å². The first-order valence-corrected chi connectivity index (χ1v) is 8.23. The highest BCUT2D eigenvalue weighted by Gasteiger charge is 2.32. The Labute approximate surface area is 122 Å². The summed E-state index contributed by atoms with van der Waals surface area (Å²) in [5.41, 5.74) is 0. The summed E-state index contributed by atoms with van der Waals surface area (Å²) in [7, 11) is 0. The second-order valence-electron chi connectivity index (χ2n) is 7.14. The minimum atomic E-state index is -0.627. The molecule has 4 nitrogen and oxygen atoms in total. The van der Waals surface area contributed by atoms with Crippen molar-refractivity contribution in [2.75, 3.05) is 26.2 Å². The van der Waals surface area contributed by atoms with Gasteiger partial charge in [0.25, 0.3) is 0 Å². The van der Waals surface area contributed by atoms with Gasteiger partial charge in [0.15, 0.2) is 0 Å². The standard InChI is InChI=1S/C16H30N2O2/c1-12(2)8-17-15-7-14(16(19)20)10-18(11-15)9-13-5-3-4-6-13/h12-15,17H,3-11H2,1-2H3,(H,19,20). The summed E-state index contributed by atoms with van der Waals surface area (Å²) in [5.74, 6) is 0.587. The molecule has 1 saturated carbocycles. The van der Waals surface area contributed by atoms with E-state index in [4.69, 9.17) is 0 Å². The third kappa shape index (κ3) is 4.74. The number of nitrogens with zero attached hydrogens (tertiary/aromatic N) is 1. The van der Waals surface area contributed by atoms with E-state index >= 15 is 0 Å². The Hall–Kier alpha value is -0.610. The number of carboxylic acid groups (broad SMARTS) is 1. The van der Waals surface area contributed by atoms with Gasteiger partial charge in [0, 0.05) is 25.7 Å². The summed E-state index contributed by atoms with van der Waals surface area (Å²) >= 11 is 0. The maximum absolute atomic E-state index is 11.4. The molecule has 2 atom stereocenters. The zero-order chi connectivity index (χ0) is 14.5. The van der Waals surface area contributed by atoms with Gasteiger partial charge in [-0.25, -0.2) is 0 Å². The number of likely N-dealkylation sites (tertiary alicyclic amines) is 1. The van der Waals surface area contributed by atoms with Crippen molar-refractivity contribution in [3.8, 4) is 0 Å². The number of rotatable bonds is 6. The monoisotopic (exact) mass is 282 g/mol. The van der Waals surface area contributed by atoms with Gasteiger partial charge in [0.05, 0.1) is 5.92 Å². The van der Waals surface area contributed by atoms with Gasteiger partial charge in [0.1, 0.15) is 0 Å². The number of piperidine rings is 1. The van der Waals surface area contributed by atoms with Crippen LogP contribution >= 0.6 is 0 Å². The Bertz CT molecular complexity index is 314. The molecule has 0 radical (unpaired) electrons. The highest BCUT2D eigenvalue weighted by atomic mass is 16.4. The highest BCUT2D eigenvalue weighted by Crippen LogP contribution is 2.27. The number of hydrogen-bond donors (Lipinski definition) is 2. The van der Waals surface area contributed by atoms with Crippen LogP contribution in [0.3, 0.4) is 0 Å². The number of carbonyl (C=O) groups is 1. The quantitative estimate of drug-likeness (QED) is 0.784. The van der Waals surface area contributed by atoms with E-state index < -0.39 is 5.97 Å². The molecule has 116 valence electrons. The van der Waals surface area contributed by atoms with E-state index in [9.17, 15) is 9.90 Å². The molecule has 0 aromatic heterocycles. The lowest BCUT2D eigenvalue weighted by molar-refractivity contribution is -0.144. The van der Waals surface area contributed by atoms with Gasteiger partial charge in [-0.1, -0.05) is 26.7 Å². The normalized spacial score (nSPS) is 29.1. The molecule has 2 rings (SSSR count). The molecule has 0 bridgehead atoms. The maximum Gasteiger partial charge on any atom is 0.307 e. The molecule has 1 heterocycles. The zero-order valence-corrected chi connectivity index (χ0v) is 13.0. The minimum Gasteiger partial charge on any atom is -0.481 e. The maximum atomic E-state index is 11.4. The number of aliphatic carboxylic acids is 1. The van der Waals surface area contributed by atoms with Gasteiger partial charge in [-0.3, -0.25) is 4.79 Å². The molecule has 2 N–H and O–H groups in total. The van der Waals surface area contributed by atoms with Crippen molar-refractivity contribution in [3.63, 3.8) is 0 Å². The van der Waals surface area contributed by atoms with E-state index in [0.29, 0.717) is 12.0 Å². The van der Waals surface area contributed by atoms with Crippen LogP contribution in [0.25, 0.3) is 0 Å². The summed E-state index contributed by atoms with van der Waals surface area (Å²) < 4.78 is 0. The highest BCUT2D eigenvalue weighted by molar-refractivity contribution is 5.70.